The molecule has 0 saturated carbocycles. The molecule has 7 nitrogen and oxygen atoms in total. The number of sulfonamides is 1. The maximum atomic E-state index is 13.0. The predicted octanol–water partition coefficient (Wildman–Crippen LogP) is 0.395. The summed E-state index contributed by atoms with van der Waals surface area (Å²) in [6, 6.07) is 2.46. The molecule has 2 unspecified atom stereocenters. The van der Waals surface area contributed by atoms with Crippen LogP contribution in [-0.4, -0.2) is 51.9 Å². The van der Waals surface area contributed by atoms with E-state index in [1.54, 1.807) is 0 Å². The maximum absolute atomic E-state index is 13.0. The lowest BCUT2D eigenvalue weighted by Gasteiger charge is -2.33. The summed E-state index contributed by atoms with van der Waals surface area (Å²) in [5, 5.41) is 2.61. The van der Waals surface area contributed by atoms with Crippen molar-refractivity contribution >= 4 is 37.4 Å². The van der Waals surface area contributed by atoms with Crippen molar-refractivity contribution in [3.05, 3.63) is 23.2 Å². The number of fused-ring (bicyclic) bond motifs is 2. The standard InChI is InChI=1S/C13H15ClN2O5S2/c1-22(18,19)9-3-4-10(14)12(6-9)23(20,21)16-8-2-5-11(16)13(17)15-7-8/h3-4,6,8,11H,2,5,7H2,1H3,(H,15,17). The van der Waals surface area contributed by atoms with Gasteiger partial charge in [-0.05, 0) is 31.0 Å². The van der Waals surface area contributed by atoms with Gasteiger partial charge in [0.1, 0.15) is 10.9 Å². The number of amides is 1. The van der Waals surface area contributed by atoms with Crippen LogP contribution in [0, 0.1) is 0 Å². The zero-order valence-corrected chi connectivity index (χ0v) is 14.6. The first-order chi connectivity index (χ1) is 10.6. The molecule has 0 aromatic heterocycles. The zero-order chi connectivity index (χ0) is 17.0. The van der Waals surface area contributed by atoms with Crippen LogP contribution in [-0.2, 0) is 24.7 Å². The highest BCUT2D eigenvalue weighted by molar-refractivity contribution is 7.91. The molecule has 2 fully saturated rings. The second-order valence-corrected chi connectivity index (χ2v) is 9.93. The lowest BCUT2D eigenvalue weighted by atomic mass is 10.2. The zero-order valence-electron chi connectivity index (χ0n) is 12.2. The Bertz CT molecular complexity index is 882. The summed E-state index contributed by atoms with van der Waals surface area (Å²) in [6.45, 7) is 0.248. The van der Waals surface area contributed by atoms with E-state index in [-0.39, 0.29) is 33.3 Å². The number of benzene rings is 1. The van der Waals surface area contributed by atoms with Crippen molar-refractivity contribution in [1.29, 1.82) is 0 Å². The maximum Gasteiger partial charge on any atom is 0.245 e. The van der Waals surface area contributed by atoms with Crippen molar-refractivity contribution in [2.24, 2.45) is 0 Å². The minimum Gasteiger partial charge on any atom is -0.353 e. The number of nitrogens with zero attached hydrogens (tertiary/aromatic N) is 1. The number of rotatable bonds is 3. The van der Waals surface area contributed by atoms with Gasteiger partial charge in [0, 0.05) is 18.8 Å². The van der Waals surface area contributed by atoms with Crippen LogP contribution in [0.4, 0.5) is 0 Å². The van der Waals surface area contributed by atoms with E-state index < -0.39 is 25.9 Å². The van der Waals surface area contributed by atoms with Crippen molar-refractivity contribution in [3.8, 4) is 0 Å². The molecule has 2 heterocycles. The van der Waals surface area contributed by atoms with Gasteiger partial charge >= 0.3 is 0 Å². The number of hydrogen-bond acceptors (Lipinski definition) is 5. The van der Waals surface area contributed by atoms with Gasteiger partial charge in [0.15, 0.2) is 9.84 Å². The van der Waals surface area contributed by atoms with E-state index in [1.165, 1.54) is 16.4 Å². The van der Waals surface area contributed by atoms with E-state index in [9.17, 15) is 21.6 Å². The van der Waals surface area contributed by atoms with Crippen LogP contribution in [0.5, 0.6) is 0 Å². The second-order valence-electron chi connectivity index (χ2n) is 5.69. The van der Waals surface area contributed by atoms with E-state index in [0.29, 0.717) is 12.8 Å². The second kappa shape index (κ2) is 5.44. The molecule has 1 aromatic carbocycles. The predicted molar refractivity (Wildman–Crippen MR) is 83.4 cm³/mol. The van der Waals surface area contributed by atoms with Gasteiger partial charge in [0.25, 0.3) is 0 Å². The SMILES string of the molecule is CS(=O)(=O)c1ccc(Cl)c(S(=O)(=O)N2C3CCC2C(=O)NC3)c1. The monoisotopic (exact) mass is 378 g/mol. The minimum absolute atomic E-state index is 0.0669. The summed E-state index contributed by atoms with van der Waals surface area (Å²) >= 11 is 6.00. The highest BCUT2D eigenvalue weighted by atomic mass is 35.5. The number of piperazine rings is 1. The number of nitrogens with one attached hydrogen (secondary N) is 1. The molecule has 2 saturated heterocycles. The molecule has 0 spiro atoms. The summed E-state index contributed by atoms with van der Waals surface area (Å²) in [7, 11) is -7.64. The molecule has 2 aliphatic heterocycles. The van der Waals surface area contributed by atoms with E-state index >= 15 is 0 Å². The van der Waals surface area contributed by atoms with Gasteiger partial charge in [-0.3, -0.25) is 4.79 Å². The van der Waals surface area contributed by atoms with Gasteiger partial charge in [-0.2, -0.15) is 4.31 Å². The molecule has 2 aliphatic rings. The lowest BCUT2D eigenvalue weighted by Crippen LogP contribution is -2.57. The molecule has 126 valence electrons. The van der Waals surface area contributed by atoms with Crippen LogP contribution in [0.15, 0.2) is 28.0 Å². The van der Waals surface area contributed by atoms with E-state index in [4.69, 9.17) is 11.6 Å². The smallest absolute Gasteiger partial charge is 0.245 e. The topological polar surface area (TPSA) is 101 Å². The molecular formula is C13H15ClN2O5S2. The fourth-order valence-corrected chi connectivity index (χ4v) is 6.08. The van der Waals surface area contributed by atoms with Crippen molar-refractivity contribution < 1.29 is 21.6 Å². The molecule has 0 aliphatic carbocycles. The normalized spacial score (nSPS) is 25.4. The largest absolute Gasteiger partial charge is 0.353 e. The van der Waals surface area contributed by atoms with Crippen molar-refractivity contribution in [1.82, 2.24) is 9.62 Å². The van der Waals surface area contributed by atoms with Crippen LogP contribution in [0.2, 0.25) is 5.02 Å². The van der Waals surface area contributed by atoms with Gasteiger partial charge in [-0.15, -0.1) is 0 Å². The summed E-state index contributed by atoms with van der Waals surface area (Å²) in [4.78, 5) is 11.5. The third kappa shape index (κ3) is 2.75. The third-order valence-electron chi connectivity index (χ3n) is 4.14. The fraction of sp³-hybridized carbons (Fsp3) is 0.462. The molecule has 1 amide bonds. The van der Waals surface area contributed by atoms with Crippen molar-refractivity contribution in [2.75, 3.05) is 12.8 Å². The Labute approximate surface area is 139 Å². The average Bonchev–Trinajstić information content (AvgIpc) is 2.80. The first-order valence-electron chi connectivity index (χ1n) is 6.93. The molecule has 0 radical (unpaired) electrons. The van der Waals surface area contributed by atoms with Crippen molar-refractivity contribution in [2.45, 2.75) is 34.7 Å². The van der Waals surface area contributed by atoms with E-state index in [1.807, 2.05) is 0 Å². The molecular weight excluding hydrogens is 364 g/mol. The van der Waals surface area contributed by atoms with Gasteiger partial charge in [0.05, 0.1) is 9.92 Å². The number of sulfone groups is 1. The first-order valence-corrected chi connectivity index (χ1v) is 10.6. The summed E-state index contributed by atoms with van der Waals surface area (Å²) in [5.74, 6) is -0.335. The van der Waals surface area contributed by atoms with Crippen LogP contribution >= 0.6 is 11.6 Å². The molecule has 23 heavy (non-hydrogen) atoms. The van der Waals surface area contributed by atoms with E-state index in [0.717, 1.165) is 12.3 Å². The minimum atomic E-state index is -4.07. The van der Waals surface area contributed by atoms with Crippen LogP contribution in [0.3, 0.4) is 0 Å². The highest BCUT2D eigenvalue weighted by Crippen LogP contribution is 2.36. The number of carbonyl (C=O) groups excluding carboxylic acids is 1. The van der Waals surface area contributed by atoms with Gasteiger partial charge in [0.2, 0.25) is 15.9 Å². The number of hydrogen-bond donors (Lipinski definition) is 1. The molecule has 1 N–H and O–H groups in total. The van der Waals surface area contributed by atoms with Crippen LogP contribution in [0.25, 0.3) is 0 Å². The Morgan fingerprint density at radius 1 is 1.22 bits per heavy atom. The van der Waals surface area contributed by atoms with Crippen molar-refractivity contribution in [3.63, 3.8) is 0 Å². The Hall–Kier alpha value is -1.16. The first kappa shape index (κ1) is 16.7. The summed E-state index contributed by atoms with van der Waals surface area (Å²) in [6.07, 6.45) is 2.01. The Morgan fingerprint density at radius 2 is 1.91 bits per heavy atom. The molecule has 3 rings (SSSR count). The molecule has 10 heteroatoms. The third-order valence-corrected chi connectivity index (χ3v) is 7.69. The van der Waals surface area contributed by atoms with Gasteiger partial charge in [-0.25, -0.2) is 16.8 Å². The van der Waals surface area contributed by atoms with Crippen LogP contribution < -0.4 is 5.32 Å². The number of halogens is 1. The highest BCUT2D eigenvalue weighted by Gasteiger charge is 2.49. The molecule has 2 atom stereocenters. The molecule has 2 bridgehead atoms. The Balaban J connectivity index is 2.12. The van der Waals surface area contributed by atoms with E-state index in [2.05, 4.69) is 5.32 Å². The lowest BCUT2D eigenvalue weighted by molar-refractivity contribution is -0.126. The van der Waals surface area contributed by atoms with Gasteiger partial charge < -0.3 is 5.32 Å². The molecule has 1 aromatic rings. The van der Waals surface area contributed by atoms with Crippen LogP contribution in [0.1, 0.15) is 12.8 Å². The fourth-order valence-electron chi connectivity index (χ4n) is 3.02. The average molecular weight is 379 g/mol. The Kier molecular flexibility index (Phi) is 3.95. The van der Waals surface area contributed by atoms with Gasteiger partial charge in [-0.1, -0.05) is 11.6 Å². The number of carbonyl (C=O) groups is 1. The summed E-state index contributed by atoms with van der Waals surface area (Å²) in [5.41, 5.74) is 0. The quantitative estimate of drug-likeness (QED) is 0.820. The summed E-state index contributed by atoms with van der Waals surface area (Å²) < 4.78 is 50.4. The Morgan fingerprint density at radius 3 is 2.57 bits per heavy atom.